The minimum atomic E-state index is -3.93. The first-order valence-corrected chi connectivity index (χ1v) is 12.1. The molecule has 0 fully saturated rings. The summed E-state index contributed by atoms with van der Waals surface area (Å²) < 4.78 is 41.3. The second-order valence-corrected chi connectivity index (χ2v) is 9.77. The van der Waals surface area contributed by atoms with E-state index in [9.17, 15) is 22.4 Å². The highest BCUT2D eigenvalue weighted by Crippen LogP contribution is 2.20. The van der Waals surface area contributed by atoms with Gasteiger partial charge >= 0.3 is 0 Å². The molecule has 34 heavy (non-hydrogen) atoms. The zero-order valence-electron chi connectivity index (χ0n) is 18.8. The molecule has 0 saturated carbocycles. The van der Waals surface area contributed by atoms with Crippen molar-refractivity contribution in [2.75, 3.05) is 11.3 Å². The van der Waals surface area contributed by atoms with Crippen LogP contribution in [0, 0.1) is 25.6 Å². The number of amides is 2. The van der Waals surface area contributed by atoms with Crippen molar-refractivity contribution in [3.8, 4) is 0 Å². The van der Waals surface area contributed by atoms with Crippen LogP contribution in [-0.2, 0) is 21.2 Å². The van der Waals surface area contributed by atoms with E-state index in [0.717, 1.165) is 5.56 Å². The van der Waals surface area contributed by atoms with E-state index in [1.54, 1.807) is 43.3 Å². The topological polar surface area (TPSA) is 118 Å². The van der Waals surface area contributed by atoms with Crippen LogP contribution >= 0.6 is 0 Å². The first-order chi connectivity index (χ1) is 16.0. The summed E-state index contributed by atoms with van der Waals surface area (Å²) in [5, 5.41) is 2.66. The Morgan fingerprint density at radius 1 is 1.00 bits per heavy atom. The maximum Gasteiger partial charge on any atom is 0.261 e. The second kappa shape index (κ2) is 10.5. The first-order valence-electron chi connectivity index (χ1n) is 10.6. The smallest absolute Gasteiger partial charge is 0.261 e. The number of primary amides is 1. The molecule has 0 aliphatic carbocycles. The number of hydrogen-bond acceptors (Lipinski definition) is 4. The molecule has 0 aliphatic heterocycles. The van der Waals surface area contributed by atoms with Gasteiger partial charge in [0.2, 0.25) is 5.91 Å². The summed E-state index contributed by atoms with van der Waals surface area (Å²) in [7, 11) is -3.93. The van der Waals surface area contributed by atoms with Crippen molar-refractivity contribution in [2.45, 2.75) is 25.2 Å². The van der Waals surface area contributed by atoms with Crippen molar-refractivity contribution in [2.24, 2.45) is 11.7 Å². The summed E-state index contributed by atoms with van der Waals surface area (Å²) in [5.74, 6) is -2.25. The molecule has 0 aliphatic rings. The molecular weight excluding hydrogens is 457 g/mol. The molecule has 3 rings (SSSR count). The third-order valence-corrected chi connectivity index (χ3v) is 6.72. The van der Waals surface area contributed by atoms with E-state index in [1.807, 2.05) is 13.0 Å². The van der Waals surface area contributed by atoms with Crippen molar-refractivity contribution in [3.05, 3.63) is 94.8 Å². The Morgan fingerprint density at radius 2 is 1.71 bits per heavy atom. The number of aryl methyl sites for hydroxylation is 2. The number of benzene rings is 3. The molecule has 9 heteroatoms. The summed E-state index contributed by atoms with van der Waals surface area (Å²) in [4.78, 5) is 24.7. The average molecular weight is 484 g/mol. The largest absolute Gasteiger partial charge is 0.369 e. The Kier molecular flexibility index (Phi) is 7.68. The lowest BCUT2D eigenvalue weighted by atomic mass is 9.98. The van der Waals surface area contributed by atoms with Crippen LogP contribution in [0.2, 0.25) is 0 Å². The van der Waals surface area contributed by atoms with Gasteiger partial charge in [-0.1, -0.05) is 30.3 Å². The van der Waals surface area contributed by atoms with Gasteiger partial charge in [0.1, 0.15) is 5.82 Å². The molecule has 2 amide bonds. The van der Waals surface area contributed by atoms with E-state index in [2.05, 4.69) is 10.0 Å². The van der Waals surface area contributed by atoms with Gasteiger partial charge in [0, 0.05) is 17.8 Å². The average Bonchev–Trinajstić information content (AvgIpc) is 2.77. The SMILES string of the molecule is Cc1cccc(NS(=O)(=O)c2ccc(C)c(C(=O)NCC(Cc3ccc(F)cc3)C(N)=O)c2)c1. The van der Waals surface area contributed by atoms with Gasteiger partial charge in [0.05, 0.1) is 10.8 Å². The minimum Gasteiger partial charge on any atom is -0.369 e. The van der Waals surface area contributed by atoms with Crippen LogP contribution in [0.3, 0.4) is 0 Å². The van der Waals surface area contributed by atoms with Crippen molar-refractivity contribution < 1.29 is 22.4 Å². The second-order valence-electron chi connectivity index (χ2n) is 8.09. The molecule has 4 N–H and O–H groups in total. The third kappa shape index (κ3) is 6.41. The predicted octanol–water partition coefficient (Wildman–Crippen LogP) is 3.32. The first kappa shape index (κ1) is 24.9. The van der Waals surface area contributed by atoms with Crippen LogP contribution in [0.15, 0.2) is 71.6 Å². The number of anilines is 1. The molecule has 1 atom stereocenters. The van der Waals surface area contributed by atoms with E-state index >= 15 is 0 Å². The molecular formula is C25H26FN3O4S. The summed E-state index contributed by atoms with van der Waals surface area (Å²) >= 11 is 0. The van der Waals surface area contributed by atoms with Crippen LogP contribution in [0.5, 0.6) is 0 Å². The maximum atomic E-state index is 13.1. The highest BCUT2D eigenvalue weighted by atomic mass is 32.2. The Hall–Kier alpha value is -3.72. The fourth-order valence-corrected chi connectivity index (χ4v) is 4.50. The molecule has 3 aromatic carbocycles. The van der Waals surface area contributed by atoms with Gasteiger partial charge in [0.25, 0.3) is 15.9 Å². The van der Waals surface area contributed by atoms with Crippen LogP contribution in [-0.4, -0.2) is 26.8 Å². The lowest BCUT2D eigenvalue weighted by molar-refractivity contribution is -0.121. The van der Waals surface area contributed by atoms with Gasteiger partial charge < -0.3 is 11.1 Å². The molecule has 7 nitrogen and oxygen atoms in total. The van der Waals surface area contributed by atoms with Crippen molar-refractivity contribution in [3.63, 3.8) is 0 Å². The molecule has 0 aromatic heterocycles. The number of halogens is 1. The number of carbonyl (C=O) groups is 2. The van der Waals surface area contributed by atoms with Crippen molar-refractivity contribution >= 4 is 27.5 Å². The summed E-state index contributed by atoms with van der Waals surface area (Å²) in [5.41, 5.74) is 8.23. The number of nitrogens with two attached hydrogens (primary N) is 1. The van der Waals surface area contributed by atoms with Gasteiger partial charge in [-0.05, 0) is 73.4 Å². The summed E-state index contributed by atoms with van der Waals surface area (Å²) in [6.07, 6.45) is 0.226. The van der Waals surface area contributed by atoms with Crippen LogP contribution < -0.4 is 15.8 Å². The molecule has 178 valence electrons. The van der Waals surface area contributed by atoms with Gasteiger partial charge in [-0.25, -0.2) is 12.8 Å². The third-order valence-electron chi connectivity index (χ3n) is 5.34. The highest BCUT2D eigenvalue weighted by Gasteiger charge is 2.21. The zero-order valence-corrected chi connectivity index (χ0v) is 19.7. The predicted molar refractivity (Wildman–Crippen MR) is 128 cm³/mol. The molecule has 1 unspecified atom stereocenters. The Morgan fingerprint density at radius 3 is 2.35 bits per heavy atom. The van der Waals surface area contributed by atoms with Crippen LogP contribution in [0.25, 0.3) is 0 Å². The van der Waals surface area contributed by atoms with Gasteiger partial charge in [0.15, 0.2) is 0 Å². The van der Waals surface area contributed by atoms with Crippen molar-refractivity contribution in [1.29, 1.82) is 0 Å². The number of carbonyl (C=O) groups excluding carboxylic acids is 2. The van der Waals surface area contributed by atoms with E-state index in [-0.39, 0.29) is 23.4 Å². The number of nitrogens with one attached hydrogen (secondary N) is 2. The van der Waals surface area contributed by atoms with Crippen LogP contribution in [0.1, 0.15) is 27.0 Å². The molecule has 0 saturated heterocycles. The lowest BCUT2D eigenvalue weighted by Crippen LogP contribution is -2.37. The Bertz CT molecular complexity index is 1310. The molecule has 0 heterocycles. The standard InChI is InChI=1S/C25H26FN3O4S/c1-16-4-3-5-21(12-16)29-34(32,33)22-11-6-17(2)23(14-22)25(31)28-15-19(24(27)30)13-18-7-9-20(26)10-8-18/h3-12,14,19,29H,13,15H2,1-2H3,(H2,27,30)(H,28,31). The fraction of sp³-hybridized carbons (Fsp3) is 0.200. The van der Waals surface area contributed by atoms with Gasteiger partial charge in [-0.2, -0.15) is 0 Å². The number of sulfonamides is 1. The highest BCUT2D eigenvalue weighted by molar-refractivity contribution is 7.92. The minimum absolute atomic E-state index is 0.0521. The summed E-state index contributed by atoms with van der Waals surface area (Å²) in [6.45, 7) is 3.48. The number of hydrogen-bond donors (Lipinski definition) is 3. The molecule has 0 radical (unpaired) electrons. The Balaban J connectivity index is 1.74. The van der Waals surface area contributed by atoms with Crippen LogP contribution in [0.4, 0.5) is 10.1 Å². The van der Waals surface area contributed by atoms with E-state index < -0.39 is 33.6 Å². The quantitative estimate of drug-likeness (QED) is 0.433. The number of rotatable bonds is 9. The molecule has 3 aromatic rings. The summed E-state index contributed by atoms with van der Waals surface area (Å²) in [6, 6.07) is 16.8. The Labute approximate surface area is 198 Å². The normalized spacial score (nSPS) is 12.1. The maximum absolute atomic E-state index is 13.1. The zero-order chi connectivity index (χ0) is 24.9. The van der Waals surface area contributed by atoms with E-state index in [0.29, 0.717) is 16.8 Å². The van der Waals surface area contributed by atoms with Gasteiger partial charge in [-0.3, -0.25) is 14.3 Å². The molecule has 0 spiro atoms. The fourth-order valence-electron chi connectivity index (χ4n) is 3.43. The van der Waals surface area contributed by atoms with E-state index in [4.69, 9.17) is 5.73 Å². The monoisotopic (exact) mass is 483 g/mol. The molecule has 0 bridgehead atoms. The van der Waals surface area contributed by atoms with Crippen molar-refractivity contribution in [1.82, 2.24) is 5.32 Å². The lowest BCUT2D eigenvalue weighted by Gasteiger charge is -2.16. The van der Waals surface area contributed by atoms with Gasteiger partial charge in [-0.15, -0.1) is 0 Å². The van der Waals surface area contributed by atoms with E-state index in [1.165, 1.54) is 24.3 Å².